The van der Waals surface area contributed by atoms with Crippen LogP contribution in [0.25, 0.3) is 0 Å². The van der Waals surface area contributed by atoms with Crippen LogP contribution >= 0.6 is 11.6 Å². The fraction of sp³-hybridized carbons (Fsp3) is 0.500. The third kappa shape index (κ3) is 4.00. The van der Waals surface area contributed by atoms with Gasteiger partial charge in [0, 0.05) is 24.0 Å². The molecule has 1 aliphatic heterocycles. The first kappa shape index (κ1) is 14.4. The number of nitrogens with zero attached hydrogens (tertiary/aromatic N) is 4. The Morgan fingerprint density at radius 3 is 2.76 bits per heavy atom. The zero-order chi connectivity index (χ0) is 14.7. The Bertz CT molecular complexity index is 577. The van der Waals surface area contributed by atoms with E-state index in [1.54, 1.807) is 7.05 Å². The van der Waals surface area contributed by atoms with Crippen molar-refractivity contribution >= 4 is 11.6 Å². The molecule has 1 aliphatic rings. The van der Waals surface area contributed by atoms with Crippen LogP contribution < -0.4 is 5.32 Å². The Morgan fingerprint density at radius 1 is 1.33 bits per heavy atom. The molecule has 7 heteroatoms. The number of halogens is 1. The lowest BCUT2D eigenvalue weighted by Crippen LogP contribution is -2.48. The van der Waals surface area contributed by atoms with Crippen LogP contribution in [-0.2, 0) is 24.6 Å². The predicted molar refractivity (Wildman–Crippen MR) is 79.2 cm³/mol. The Labute approximate surface area is 128 Å². The number of hydrogen-bond acceptors (Lipinski definition) is 5. The van der Waals surface area contributed by atoms with Crippen LogP contribution in [0.15, 0.2) is 24.3 Å². The lowest BCUT2D eigenvalue weighted by Gasteiger charge is -2.30. The van der Waals surface area contributed by atoms with E-state index in [0.29, 0.717) is 19.1 Å². The van der Waals surface area contributed by atoms with Crippen LogP contribution in [0.3, 0.4) is 0 Å². The van der Waals surface area contributed by atoms with E-state index in [2.05, 4.69) is 32.9 Å². The van der Waals surface area contributed by atoms with Gasteiger partial charge in [-0.2, -0.15) is 4.80 Å². The number of hydrogen-bond donors (Lipinski definition) is 1. The molecule has 1 saturated heterocycles. The minimum Gasteiger partial charge on any atom is -0.375 e. The highest BCUT2D eigenvalue weighted by Crippen LogP contribution is 2.13. The number of aromatic nitrogens is 4. The molecule has 1 fully saturated rings. The zero-order valence-corrected chi connectivity index (χ0v) is 12.6. The van der Waals surface area contributed by atoms with Crippen molar-refractivity contribution in [3.8, 4) is 0 Å². The molecule has 0 aliphatic carbocycles. The van der Waals surface area contributed by atoms with E-state index in [9.17, 15) is 0 Å². The van der Waals surface area contributed by atoms with Gasteiger partial charge < -0.3 is 10.1 Å². The van der Waals surface area contributed by atoms with E-state index in [1.165, 1.54) is 10.4 Å². The maximum atomic E-state index is 5.89. The molecule has 0 spiro atoms. The zero-order valence-electron chi connectivity index (χ0n) is 11.9. The summed E-state index contributed by atoms with van der Waals surface area (Å²) < 4.78 is 5.89. The molecule has 3 rings (SSSR count). The Kier molecular flexibility index (Phi) is 4.48. The molecule has 0 bridgehead atoms. The van der Waals surface area contributed by atoms with Gasteiger partial charge in [0.25, 0.3) is 0 Å². The van der Waals surface area contributed by atoms with E-state index in [-0.39, 0.29) is 6.10 Å². The average Bonchev–Trinajstić information content (AvgIpc) is 2.89. The summed E-state index contributed by atoms with van der Waals surface area (Å²) in [5.74, 6) is 0.723. The van der Waals surface area contributed by atoms with Crippen LogP contribution in [-0.4, -0.2) is 45.5 Å². The Balaban J connectivity index is 1.47. The van der Waals surface area contributed by atoms with Crippen molar-refractivity contribution in [1.29, 1.82) is 0 Å². The first-order valence-corrected chi connectivity index (χ1v) is 7.39. The van der Waals surface area contributed by atoms with Crippen LogP contribution in [0.1, 0.15) is 11.4 Å². The van der Waals surface area contributed by atoms with E-state index in [1.807, 2.05) is 12.1 Å². The second-order valence-electron chi connectivity index (χ2n) is 5.29. The standard InChI is InChI=1S/C14H18ClN5O/c1-20-18-14(17-19-20)7-13-8-16-12(9-21-13)6-10-2-4-11(15)5-3-10/h2-5,12-13,16H,6-9H2,1H3/t12-,13-/m0/s1. The number of nitrogens with one attached hydrogen (secondary N) is 1. The molecule has 0 unspecified atom stereocenters. The molecule has 6 nitrogen and oxygen atoms in total. The highest BCUT2D eigenvalue weighted by Gasteiger charge is 2.22. The molecule has 0 amide bonds. The highest BCUT2D eigenvalue weighted by atomic mass is 35.5. The summed E-state index contributed by atoms with van der Waals surface area (Å²) in [7, 11) is 1.76. The summed E-state index contributed by atoms with van der Waals surface area (Å²) in [5.41, 5.74) is 1.26. The summed E-state index contributed by atoms with van der Waals surface area (Å²) in [6.45, 7) is 1.49. The lowest BCUT2D eigenvalue weighted by atomic mass is 10.0. The number of aryl methyl sites for hydroxylation is 1. The van der Waals surface area contributed by atoms with E-state index < -0.39 is 0 Å². The van der Waals surface area contributed by atoms with Gasteiger partial charge in [0.05, 0.1) is 19.8 Å². The van der Waals surface area contributed by atoms with Gasteiger partial charge in [0.1, 0.15) is 0 Å². The van der Waals surface area contributed by atoms with Crippen LogP contribution in [0.4, 0.5) is 0 Å². The summed E-state index contributed by atoms with van der Waals surface area (Å²) in [6.07, 6.45) is 1.73. The molecule has 2 atom stereocenters. The number of benzene rings is 1. The van der Waals surface area contributed by atoms with E-state index in [0.717, 1.165) is 23.8 Å². The molecule has 0 radical (unpaired) electrons. The maximum absolute atomic E-state index is 5.89. The number of morpholine rings is 1. The molecule has 112 valence electrons. The van der Waals surface area contributed by atoms with Gasteiger partial charge >= 0.3 is 0 Å². The van der Waals surface area contributed by atoms with Gasteiger partial charge in [-0.05, 0) is 29.3 Å². The third-order valence-electron chi connectivity index (χ3n) is 3.52. The number of rotatable bonds is 4. The van der Waals surface area contributed by atoms with Crippen molar-refractivity contribution in [3.05, 3.63) is 40.7 Å². The van der Waals surface area contributed by atoms with Crippen molar-refractivity contribution in [1.82, 2.24) is 25.5 Å². The predicted octanol–water partition coefficient (Wildman–Crippen LogP) is 1.01. The van der Waals surface area contributed by atoms with Gasteiger partial charge in [0.15, 0.2) is 5.82 Å². The summed E-state index contributed by atoms with van der Waals surface area (Å²) in [5, 5.41) is 16.3. The van der Waals surface area contributed by atoms with Gasteiger partial charge in [-0.15, -0.1) is 10.2 Å². The fourth-order valence-corrected chi connectivity index (χ4v) is 2.57. The van der Waals surface area contributed by atoms with Crippen LogP contribution in [0.2, 0.25) is 5.02 Å². The Morgan fingerprint density at radius 2 is 2.14 bits per heavy atom. The minimum atomic E-state index is 0.107. The van der Waals surface area contributed by atoms with Crippen LogP contribution in [0.5, 0.6) is 0 Å². The SMILES string of the molecule is Cn1nnc(C[C@H]2CN[C@@H](Cc3ccc(Cl)cc3)CO2)n1. The largest absolute Gasteiger partial charge is 0.375 e. The summed E-state index contributed by atoms with van der Waals surface area (Å²) in [4.78, 5) is 1.47. The molecule has 1 aromatic carbocycles. The highest BCUT2D eigenvalue weighted by molar-refractivity contribution is 6.30. The molecule has 1 aromatic heterocycles. The summed E-state index contributed by atoms with van der Waals surface area (Å²) >= 11 is 5.89. The minimum absolute atomic E-state index is 0.107. The van der Waals surface area contributed by atoms with Gasteiger partial charge in [-0.25, -0.2) is 0 Å². The van der Waals surface area contributed by atoms with Crippen molar-refractivity contribution in [2.45, 2.75) is 25.0 Å². The monoisotopic (exact) mass is 307 g/mol. The lowest BCUT2D eigenvalue weighted by molar-refractivity contribution is 0.00392. The molecular formula is C14H18ClN5O. The first-order valence-electron chi connectivity index (χ1n) is 7.01. The third-order valence-corrected chi connectivity index (χ3v) is 3.77. The Hall–Kier alpha value is -1.50. The molecule has 1 N–H and O–H groups in total. The van der Waals surface area contributed by atoms with Crippen molar-refractivity contribution in [2.24, 2.45) is 7.05 Å². The quantitative estimate of drug-likeness (QED) is 0.913. The second-order valence-corrected chi connectivity index (χ2v) is 5.73. The first-order chi connectivity index (χ1) is 10.2. The van der Waals surface area contributed by atoms with Gasteiger partial charge in [-0.1, -0.05) is 23.7 Å². The van der Waals surface area contributed by atoms with Crippen molar-refractivity contribution < 1.29 is 4.74 Å². The van der Waals surface area contributed by atoms with Crippen molar-refractivity contribution in [2.75, 3.05) is 13.2 Å². The number of ether oxygens (including phenoxy) is 1. The molecular weight excluding hydrogens is 290 g/mol. The van der Waals surface area contributed by atoms with Gasteiger partial charge in [0.2, 0.25) is 0 Å². The molecule has 2 heterocycles. The van der Waals surface area contributed by atoms with E-state index >= 15 is 0 Å². The summed E-state index contributed by atoms with van der Waals surface area (Å²) in [6, 6.07) is 8.28. The maximum Gasteiger partial charge on any atom is 0.177 e. The normalized spacial score (nSPS) is 22.4. The molecule has 2 aromatic rings. The average molecular weight is 308 g/mol. The van der Waals surface area contributed by atoms with Crippen LogP contribution in [0, 0.1) is 0 Å². The molecule has 21 heavy (non-hydrogen) atoms. The smallest absolute Gasteiger partial charge is 0.177 e. The van der Waals surface area contributed by atoms with E-state index in [4.69, 9.17) is 16.3 Å². The van der Waals surface area contributed by atoms with Crippen molar-refractivity contribution in [3.63, 3.8) is 0 Å². The topological polar surface area (TPSA) is 64.9 Å². The fourth-order valence-electron chi connectivity index (χ4n) is 2.44. The second kappa shape index (κ2) is 6.51. The molecule has 0 saturated carbocycles. The number of tetrazole rings is 1. The van der Waals surface area contributed by atoms with Gasteiger partial charge in [-0.3, -0.25) is 0 Å².